The molecule has 3 rings (SSSR count). The van der Waals surface area contributed by atoms with Gasteiger partial charge in [0.2, 0.25) is 0 Å². The molecule has 2 N–H and O–H groups in total. The van der Waals surface area contributed by atoms with E-state index >= 15 is 0 Å². The predicted molar refractivity (Wildman–Crippen MR) is 80.8 cm³/mol. The summed E-state index contributed by atoms with van der Waals surface area (Å²) < 4.78 is 5.69. The number of aromatic carboxylic acids is 1. The molecule has 5 heteroatoms. The van der Waals surface area contributed by atoms with Gasteiger partial charge in [-0.15, -0.1) is 0 Å². The quantitative estimate of drug-likeness (QED) is 0.904. The summed E-state index contributed by atoms with van der Waals surface area (Å²) in [5.41, 5.74) is 0.227. The molecule has 0 saturated carbocycles. The van der Waals surface area contributed by atoms with Crippen molar-refractivity contribution in [2.45, 2.75) is 25.4 Å². The standard InChI is InChI=1S/C16H18N2O3/c19-16(20)14-10-18-15(13-7-2-1-6-12(13)14)17-9-11-5-3-4-8-21-11/h1-2,6-7,10-11H,3-5,8-9H2,(H,17,18)(H,19,20). The summed E-state index contributed by atoms with van der Waals surface area (Å²) in [6, 6.07) is 7.42. The van der Waals surface area contributed by atoms with E-state index in [0.717, 1.165) is 24.8 Å². The lowest BCUT2D eigenvalue weighted by atomic mass is 10.1. The number of hydrogen-bond donors (Lipinski definition) is 2. The Morgan fingerprint density at radius 2 is 2.14 bits per heavy atom. The van der Waals surface area contributed by atoms with Gasteiger partial charge in [0.15, 0.2) is 0 Å². The van der Waals surface area contributed by atoms with Gasteiger partial charge >= 0.3 is 5.97 Å². The molecule has 1 aromatic carbocycles. The summed E-state index contributed by atoms with van der Waals surface area (Å²) in [7, 11) is 0. The second kappa shape index (κ2) is 6.10. The molecule has 21 heavy (non-hydrogen) atoms. The third kappa shape index (κ3) is 2.97. The molecule has 110 valence electrons. The summed E-state index contributed by atoms with van der Waals surface area (Å²) in [5, 5.41) is 14.0. The third-order valence-electron chi connectivity index (χ3n) is 3.80. The van der Waals surface area contributed by atoms with E-state index in [1.54, 1.807) is 0 Å². The summed E-state index contributed by atoms with van der Waals surface area (Å²) in [4.78, 5) is 15.5. The predicted octanol–water partition coefficient (Wildman–Crippen LogP) is 2.91. The van der Waals surface area contributed by atoms with Crippen molar-refractivity contribution in [2.75, 3.05) is 18.5 Å². The number of hydrogen-bond acceptors (Lipinski definition) is 4. The number of aromatic nitrogens is 1. The van der Waals surface area contributed by atoms with E-state index in [9.17, 15) is 9.90 Å². The number of anilines is 1. The zero-order valence-corrected chi connectivity index (χ0v) is 11.7. The maximum absolute atomic E-state index is 11.3. The average molecular weight is 286 g/mol. The Balaban J connectivity index is 1.85. The van der Waals surface area contributed by atoms with E-state index in [1.165, 1.54) is 12.6 Å². The van der Waals surface area contributed by atoms with Crippen LogP contribution >= 0.6 is 0 Å². The van der Waals surface area contributed by atoms with Gasteiger partial charge in [-0.1, -0.05) is 24.3 Å². The van der Waals surface area contributed by atoms with Crippen LogP contribution < -0.4 is 5.32 Å². The Bertz CT molecular complexity index is 651. The van der Waals surface area contributed by atoms with Crippen LogP contribution in [0.5, 0.6) is 0 Å². The van der Waals surface area contributed by atoms with E-state index in [2.05, 4.69) is 10.3 Å². The van der Waals surface area contributed by atoms with Crippen LogP contribution in [0.3, 0.4) is 0 Å². The zero-order valence-electron chi connectivity index (χ0n) is 11.7. The Hall–Kier alpha value is -2.14. The number of nitrogens with one attached hydrogen (secondary N) is 1. The van der Waals surface area contributed by atoms with Crippen LogP contribution in [-0.2, 0) is 4.74 Å². The fourth-order valence-corrected chi connectivity index (χ4v) is 2.68. The van der Waals surface area contributed by atoms with Crippen molar-refractivity contribution >= 4 is 22.6 Å². The Morgan fingerprint density at radius 1 is 1.33 bits per heavy atom. The number of carboxylic acids is 1. The summed E-state index contributed by atoms with van der Waals surface area (Å²) in [6.45, 7) is 1.52. The molecule has 2 aromatic rings. The van der Waals surface area contributed by atoms with Gasteiger partial charge in [-0.3, -0.25) is 0 Å². The van der Waals surface area contributed by atoms with Crippen molar-refractivity contribution in [3.8, 4) is 0 Å². The first-order valence-electron chi connectivity index (χ1n) is 7.22. The van der Waals surface area contributed by atoms with Gasteiger partial charge in [0.1, 0.15) is 5.82 Å². The molecule has 0 bridgehead atoms. The molecule has 5 nitrogen and oxygen atoms in total. The number of benzene rings is 1. The van der Waals surface area contributed by atoms with Crippen molar-refractivity contribution in [1.82, 2.24) is 4.98 Å². The lowest BCUT2D eigenvalue weighted by molar-refractivity contribution is 0.0247. The first-order chi connectivity index (χ1) is 10.3. The van der Waals surface area contributed by atoms with Gasteiger partial charge in [0.25, 0.3) is 0 Å². The van der Waals surface area contributed by atoms with Gasteiger partial charge in [-0.25, -0.2) is 9.78 Å². The lowest BCUT2D eigenvalue weighted by Crippen LogP contribution is -2.27. The smallest absolute Gasteiger partial charge is 0.337 e. The molecule has 1 aliphatic rings. The first-order valence-corrected chi connectivity index (χ1v) is 7.22. The van der Waals surface area contributed by atoms with Crippen LogP contribution in [0.1, 0.15) is 29.6 Å². The minimum atomic E-state index is -0.958. The fraction of sp³-hybridized carbons (Fsp3) is 0.375. The average Bonchev–Trinajstić information content (AvgIpc) is 2.53. The van der Waals surface area contributed by atoms with Gasteiger partial charge in [-0.2, -0.15) is 0 Å². The van der Waals surface area contributed by atoms with Crippen molar-refractivity contribution < 1.29 is 14.6 Å². The second-order valence-electron chi connectivity index (χ2n) is 5.24. The minimum absolute atomic E-state index is 0.207. The van der Waals surface area contributed by atoms with E-state index in [0.29, 0.717) is 17.7 Å². The molecular formula is C16H18N2O3. The van der Waals surface area contributed by atoms with Crippen molar-refractivity contribution in [2.24, 2.45) is 0 Å². The number of fused-ring (bicyclic) bond motifs is 1. The normalized spacial score (nSPS) is 18.6. The summed E-state index contributed by atoms with van der Waals surface area (Å²) in [6.07, 6.45) is 4.99. The molecule has 1 aromatic heterocycles. The number of nitrogens with zero attached hydrogens (tertiary/aromatic N) is 1. The number of carboxylic acid groups (broad SMARTS) is 1. The van der Waals surface area contributed by atoms with Gasteiger partial charge in [0, 0.05) is 30.1 Å². The third-order valence-corrected chi connectivity index (χ3v) is 3.80. The van der Waals surface area contributed by atoms with E-state index in [4.69, 9.17) is 4.74 Å². The van der Waals surface area contributed by atoms with E-state index in [1.807, 2.05) is 24.3 Å². The minimum Gasteiger partial charge on any atom is -0.478 e. The summed E-state index contributed by atoms with van der Waals surface area (Å²) >= 11 is 0. The first kappa shape index (κ1) is 13.8. The Labute approximate surface area is 123 Å². The van der Waals surface area contributed by atoms with Crippen LogP contribution in [0.2, 0.25) is 0 Å². The fourth-order valence-electron chi connectivity index (χ4n) is 2.68. The highest BCUT2D eigenvalue weighted by Gasteiger charge is 2.16. The molecule has 0 aliphatic carbocycles. The van der Waals surface area contributed by atoms with Crippen LogP contribution in [0.25, 0.3) is 10.8 Å². The molecule has 1 fully saturated rings. The molecule has 2 heterocycles. The molecule has 0 spiro atoms. The zero-order chi connectivity index (χ0) is 14.7. The van der Waals surface area contributed by atoms with Crippen molar-refractivity contribution in [3.05, 3.63) is 36.0 Å². The highest BCUT2D eigenvalue weighted by Crippen LogP contribution is 2.25. The van der Waals surface area contributed by atoms with E-state index in [-0.39, 0.29) is 11.7 Å². The van der Waals surface area contributed by atoms with Crippen LogP contribution in [-0.4, -0.2) is 35.3 Å². The Morgan fingerprint density at radius 3 is 2.86 bits per heavy atom. The topological polar surface area (TPSA) is 71.5 Å². The molecule has 0 radical (unpaired) electrons. The highest BCUT2D eigenvalue weighted by atomic mass is 16.5. The number of ether oxygens (including phenoxy) is 1. The maximum Gasteiger partial charge on any atom is 0.337 e. The molecule has 1 aliphatic heterocycles. The van der Waals surface area contributed by atoms with Crippen LogP contribution in [0.15, 0.2) is 30.5 Å². The highest BCUT2D eigenvalue weighted by molar-refractivity contribution is 6.06. The maximum atomic E-state index is 11.3. The Kier molecular flexibility index (Phi) is 4.01. The van der Waals surface area contributed by atoms with E-state index < -0.39 is 5.97 Å². The van der Waals surface area contributed by atoms with Crippen LogP contribution in [0, 0.1) is 0 Å². The lowest BCUT2D eigenvalue weighted by Gasteiger charge is -2.23. The summed E-state index contributed by atoms with van der Waals surface area (Å²) in [5.74, 6) is -0.245. The second-order valence-corrected chi connectivity index (χ2v) is 5.24. The number of rotatable bonds is 4. The number of carbonyl (C=O) groups is 1. The molecule has 1 atom stereocenters. The van der Waals surface area contributed by atoms with Crippen molar-refractivity contribution in [3.63, 3.8) is 0 Å². The molecular weight excluding hydrogens is 268 g/mol. The van der Waals surface area contributed by atoms with Crippen LogP contribution in [0.4, 0.5) is 5.82 Å². The van der Waals surface area contributed by atoms with Gasteiger partial charge in [0.05, 0.1) is 11.7 Å². The van der Waals surface area contributed by atoms with Gasteiger partial charge < -0.3 is 15.2 Å². The number of pyridine rings is 1. The molecule has 1 saturated heterocycles. The SMILES string of the molecule is O=C(O)c1cnc(NCC2CCCCO2)c2ccccc12. The molecule has 1 unspecified atom stereocenters. The van der Waals surface area contributed by atoms with Crippen molar-refractivity contribution in [1.29, 1.82) is 0 Å². The molecule has 0 amide bonds. The monoisotopic (exact) mass is 286 g/mol. The largest absolute Gasteiger partial charge is 0.478 e. The van der Waals surface area contributed by atoms with Gasteiger partial charge in [-0.05, 0) is 19.3 Å².